The van der Waals surface area contributed by atoms with Gasteiger partial charge in [0.1, 0.15) is 5.82 Å². The van der Waals surface area contributed by atoms with E-state index >= 15 is 0 Å². The van der Waals surface area contributed by atoms with Crippen molar-refractivity contribution in [1.82, 2.24) is 19.8 Å². The lowest BCUT2D eigenvalue weighted by Gasteiger charge is -2.34. The molecule has 0 atom stereocenters. The number of rotatable bonds is 6. The zero-order valence-electron chi connectivity index (χ0n) is 18.8. The second kappa shape index (κ2) is 9.81. The van der Waals surface area contributed by atoms with Crippen LogP contribution in [0.2, 0.25) is 0 Å². The largest absolute Gasteiger partial charge is 0.379 e. The Balaban J connectivity index is 1.44. The van der Waals surface area contributed by atoms with E-state index in [1.165, 1.54) is 5.69 Å². The number of ether oxygens (including phenoxy) is 1. The Morgan fingerprint density at radius 3 is 2.47 bits per heavy atom. The van der Waals surface area contributed by atoms with Crippen molar-refractivity contribution in [3.63, 3.8) is 0 Å². The number of anilines is 2. The Morgan fingerprint density at radius 1 is 0.906 bits per heavy atom. The van der Waals surface area contributed by atoms with Crippen LogP contribution in [0.25, 0.3) is 22.3 Å². The summed E-state index contributed by atoms with van der Waals surface area (Å²) in [5, 5.41) is 4.71. The summed E-state index contributed by atoms with van der Waals surface area (Å²) in [6.45, 7) is 9.73. The van der Waals surface area contributed by atoms with Gasteiger partial charge >= 0.3 is 0 Å². The van der Waals surface area contributed by atoms with Gasteiger partial charge in [0, 0.05) is 69.0 Å². The van der Waals surface area contributed by atoms with E-state index in [-0.39, 0.29) is 0 Å². The Morgan fingerprint density at radius 2 is 1.69 bits per heavy atom. The van der Waals surface area contributed by atoms with Crippen LogP contribution in [-0.2, 0) is 4.74 Å². The van der Waals surface area contributed by atoms with Crippen LogP contribution < -0.4 is 10.2 Å². The van der Waals surface area contributed by atoms with Crippen molar-refractivity contribution >= 4 is 22.4 Å². The van der Waals surface area contributed by atoms with E-state index in [9.17, 15) is 0 Å². The van der Waals surface area contributed by atoms with E-state index in [0.717, 1.165) is 93.7 Å². The first-order valence-electron chi connectivity index (χ1n) is 11.6. The molecule has 168 valence electrons. The van der Waals surface area contributed by atoms with Gasteiger partial charge in [0.05, 0.1) is 18.7 Å². The second-order valence-corrected chi connectivity index (χ2v) is 8.63. The van der Waals surface area contributed by atoms with E-state index in [0.29, 0.717) is 0 Å². The third-order valence-electron chi connectivity index (χ3n) is 6.40. The quantitative estimate of drug-likeness (QED) is 0.643. The molecule has 1 N–H and O–H groups in total. The molecule has 0 amide bonds. The van der Waals surface area contributed by atoms with Gasteiger partial charge in [-0.05, 0) is 25.2 Å². The Bertz CT molecular complexity index is 1030. The zero-order chi connectivity index (χ0) is 21.8. The molecule has 0 unspecified atom stereocenters. The van der Waals surface area contributed by atoms with Crippen molar-refractivity contribution in [2.45, 2.75) is 0 Å². The summed E-state index contributed by atoms with van der Waals surface area (Å²) in [6.07, 6.45) is 0. The van der Waals surface area contributed by atoms with Crippen LogP contribution in [0.15, 0.2) is 48.5 Å². The summed E-state index contributed by atoms with van der Waals surface area (Å²) in [7, 11) is 2.19. The van der Waals surface area contributed by atoms with Crippen molar-refractivity contribution in [2.75, 3.05) is 82.8 Å². The standard InChI is InChI=1S/C25H32N6O/c1-29-11-13-31(14-12-29)21-7-8-23-22(19-21)25(26-9-10-30-15-17-32-18-16-30)28-24(27-23)20-5-3-2-4-6-20/h2-8,19H,9-18H2,1H3,(H,26,27,28). The van der Waals surface area contributed by atoms with E-state index < -0.39 is 0 Å². The molecular formula is C25H32N6O. The first kappa shape index (κ1) is 21.1. The molecule has 32 heavy (non-hydrogen) atoms. The predicted octanol–water partition coefficient (Wildman–Crippen LogP) is 2.79. The minimum Gasteiger partial charge on any atom is -0.379 e. The van der Waals surface area contributed by atoms with Crippen molar-refractivity contribution in [1.29, 1.82) is 0 Å². The van der Waals surface area contributed by atoms with Gasteiger partial charge in [0.15, 0.2) is 5.82 Å². The molecule has 0 bridgehead atoms. The topological polar surface area (TPSA) is 56.8 Å². The first-order valence-corrected chi connectivity index (χ1v) is 11.6. The maximum Gasteiger partial charge on any atom is 0.162 e. The summed E-state index contributed by atoms with van der Waals surface area (Å²) in [6, 6.07) is 16.8. The lowest BCUT2D eigenvalue weighted by atomic mass is 10.1. The highest BCUT2D eigenvalue weighted by molar-refractivity contribution is 5.93. The monoisotopic (exact) mass is 432 g/mol. The third-order valence-corrected chi connectivity index (χ3v) is 6.40. The molecule has 0 aliphatic carbocycles. The number of morpholine rings is 1. The number of hydrogen-bond acceptors (Lipinski definition) is 7. The normalized spacial score (nSPS) is 18.2. The summed E-state index contributed by atoms with van der Waals surface area (Å²) >= 11 is 0. The van der Waals surface area contributed by atoms with E-state index in [2.05, 4.69) is 57.4 Å². The SMILES string of the molecule is CN1CCN(c2ccc3nc(-c4ccccc4)nc(NCCN4CCOCC4)c3c2)CC1. The number of hydrogen-bond donors (Lipinski definition) is 1. The molecule has 0 saturated carbocycles. The summed E-state index contributed by atoms with van der Waals surface area (Å²) < 4.78 is 5.47. The number of likely N-dealkylation sites (N-methyl/N-ethyl adjacent to an activating group) is 1. The van der Waals surface area contributed by atoms with Crippen LogP contribution in [0.3, 0.4) is 0 Å². The molecule has 0 radical (unpaired) electrons. The van der Waals surface area contributed by atoms with Crippen LogP contribution in [0.4, 0.5) is 11.5 Å². The molecule has 3 aromatic rings. The number of nitrogens with one attached hydrogen (secondary N) is 1. The van der Waals surface area contributed by atoms with Gasteiger partial charge in [-0.15, -0.1) is 0 Å². The fraction of sp³-hybridized carbons (Fsp3) is 0.440. The van der Waals surface area contributed by atoms with Crippen molar-refractivity contribution < 1.29 is 4.74 Å². The fourth-order valence-corrected chi connectivity index (χ4v) is 4.39. The molecule has 2 saturated heterocycles. The molecule has 0 spiro atoms. The minimum absolute atomic E-state index is 0.763. The Kier molecular flexibility index (Phi) is 6.48. The summed E-state index contributed by atoms with van der Waals surface area (Å²) in [5.41, 5.74) is 3.26. The average Bonchev–Trinajstić information content (AvgIpc) is 2.85. The maximum absolute atomic E-state index is 5.47. The lowest BCUT2D eigenvalue weighted by molar-refractivity contribution is 0.0398. The molecule has 7 nitrogen and oxygen atoms in total. The minimum atomic E-state index is 0.763. The second-order valence-electron chi connectivity index (χ2n) is 8.63. The molecule has 2 aliphatic rings. The molecule has 5 rings (SSSR count). The highest BCUT2D eigenvalue weighted by atomic mass is 16.5. The molecule has 1 aromatic heterocycles. The number of aromatic nitrogens is 2. The Labute approximate surface area is 190 Å². The lowest BCUT2D eigenvalue weighted by Crippen LogP contribution is -2.44. The highest BCUT2D eigenvalue weighted by Gasteiger charge is 2.17. The summed E-state index contributed by atoms with van der Waals surface area (Å²) in [5.74, 6) is 1.68. The van der Waals surface area contributed by atoms with Crippen LogP contribution in [0.1, 0.15) is 0 Å². The third kappa shape index (κ3) is 4.85. The smallest absolute Gasteiger partial charge is 0.162 e. The molecule has 2 aromatic carbocycles. The van der Waals surface area contributed by atoms with Crippen molar-refractivity contribution in [3.8, 4) is 11.4 Å². The van der Waals surface area contributed by atoms with Gasteiger partial charge in [-0.1, -0.05) is 30.3 Å². The van der Waals surface area contributed by atoms with E-state index in [4.69, 9.17) is 14.7 Å². The van der Waals surface area contributed by atoms with E-state index in [1.54, 1.807) is 0 Å². The van der Waals surface area contributed by atoms with Crippen molar-refractivity contribution in [2.24, 2.45) is 0 Å². The van der Waals surface area contributed by atoms with Gasteiger partial charge in [-0.25, -0.2) is 9.97 Å². The van der Waals surface area contributed by atoms with Gasteiger partial charge in [-0.2, -0.15) is 0 Å². The molecule has 2 aliphatic heterocycles. The number of fused-ring (bicyclic) bond motifs is 1. The highest BCUT2D eigenvalue weighted by Crippen LogP contribution is 2.29. The van der Waals surface area contributed by atoms with Gasteiger partial charge < -0.3 is 19.9 Å². The number of benzene rings is 2. The van der Waals surface area contributed by atoms with E-state index in [1.807, 2.05) is 18.2 Å². The number of nitrogens with zero attached hydrogens (tertiary/aromatic N) is 5. The molecule has 7 heteroatoms. The van der Waals surface area contributed by atoms with Gasteiger partial charge in [0.2, 0.25) is 0 Å². The zero-order valence-corrected chi connectivity index (χ0v) is 18.8. The van der Waals surface area contributed by atoms with Gasteiger partial charge in [0.25, 0.3) is 0 Å². The van der Waals surface area contributed by atoms with Crippen LogP contribution in [0.5, 0.6) is 0 Å². The maximum atomic E-state index is 5.47. The Hall–Kier alpha value is -2.74. The molecule has 3 heterocycles. The van der Waals surface area contributed by atoms with Crippen LogP contribution >= 0.6 is 0 Å². The van der Waals surface area contributed by atoms with Gasteiger partial charge in [-0.3, -0.25) is 4.90 Å². The van der Waals surface area contributed by atoms with Crippen LogP contribution in [-0.4, -0.2) is 92.4 Å². The fourth-order valence-electron chi connectivity index (χ4n) is 4.39. The van der Waals surface area contributed by atoms with Crippen LogP contribution in [0, 0.1) is 0 Å². The number of piperazine rings is 1. The molecule has 2 fully saturated rings. The molecular weight excluding hydrogens is 400 g/mol. The first-order chi connectivity index (χ1) is 15.8. The van der Waals surface area contributed by atoms with Crippen molar-refractivity contribution in [3.05, 3.63) is 48.5 Å². The average molecular weight is 433 g/mol. The summed E-state index contributed by atoms with van der Waals surface area (Å²) in [4.78, 5) is 17.1. The predicted molar refractivity (Wildman–Crippen MR) is 130 cm³/mol.